The maximum Gasteiger partial charge on any atom is 0.220 e. The number of carbonyl (C=O) groups is 1. The zero-order valence-corrected chi connectivity index (χ0v) is 11.0. The van der Waals surface area contributed by atoms with Crippen molar-refractivity contribution in [1.82, 2.24) is 10.3 Å². The second-order valence-electron chi connectivity index (χ2n) is 4.08. The number of benzene rings is 1. The van der Waals surface area contributed by atoms with Crippen molar-refractivity contribution < 1.29 is 9.18 Å². The largest absolute Gasteiger partial charge is 0.375 e. The Morgan fingerprint density at radius 3 is 2.74 bits per heavy atom. The van der Waals surface area contributed by atoms with E-state index < -0.39 is 0 Å². The predicted octanol–water partition coefficient (Wildman–Crippen LogP) is 2.11. The molecule has 1 aromatic heterocycles. The number of hydrogen-bond acceptors (Lipinski definition) is 4. The number of anilines is 1. The van der Waals surface area contributed by atoms with Gasteiger partial charge in [0.1, 0.15) is 5.82 Å². The molecule has 0 radical (unpaired) electrons. The summed E-state index contributed by atoms with van der Waals surface area (Å²) in [5.41, 5.74) is 7.21. The van der Waals surface area contributed by atoms with E-state index >= 15 is 0 Å². The lowest BCUT2D eigenvalue weighted by molar-refractivity contribution is -0.121. The summed E-state index contributed by atoms with van der Waals surface area (Å²) >= 11 is 1.37. The van der Waals surface area contributed by atoms with E-state index in [0.29, 0.717) is 24.5 Å². The Morgan fingerprint density at radius 1 is 1.37 bits per heavy atom. The zero-order chi connectivity index (χ0) is 13.7. The first-order valence-corrected chi connectivity index (χ1v) is 6.72. The van der Waals surface area contributed by atoms with Gasteiger partial charge in [-0.3, -0.25) is 4.79 Å². The highest BCUT2D eigenvalue weighted by atomic mass is 32.1. The van der Waals surface area contributed by atoms with Crippen molar-refractivity contribution in [1.29, 1.82) is 0 Å². The van der Waals surface area contributed by atoms with Crippen LogP contribution in [0.4, 0.5) is 9.52 Å². The van der Waals surface area contributed by atoms with Crippen LogP contribution in [0.25, 0.3) is 0 Å². The molecule has 1 aromatic carbocycles. The molecule has 1 amide bonds. The molecule has 0 aliphatic heterocycles. The molecule has 0 unspecified atom stereocenters. The fraction of sp³-hybridized carbons (Fsp3) is 0.231. The molecule has 0 aliphatic rings. The number of aryl methyl sites for hydroxylation is 1. The Kier molecular flexibility index (Phi) is 4.46. The number of amides is 1. The number of nitrogens with one attached hydrogen (secondary N) is 1. The van der Waals surface area contributed by atoms with Crippen molar-refractivity contribution in [3.8, 4) is 0 Å². The SMILES string of the molecule is Nc1nc(CCC(=O)NCc2ccc(F)cc2)cs1. The molecule has 4 nitrogen and oxygen atoms in total. The summed E-state index contributed by atoms with van der Waals surface area (Å²) in [5.74, 6) is -0.341. The van der Waals surface area contributed by atoms with Gasteiger partial charge < -0.3 is 11.1 Å². The standard InChI is InChI=1S/C13H14FN3OS/c14-10-3-1-9(2-4-10)7-16-12(18)6-5-11-8-19-13(15)17-11/h1-4,8H,5-7H2,(H2,15,17)(H,16,18). The molecule has 6 heteroatoms. The fourth-order valence-corrected chi connectivity index (χ4v) is 2.17. The minimum Gasteiger partial charge on any atom is -0.375 e. The van der Waals surface area contributed by atoms with Crippen molar-refractivity contribution in [3.63, 3.8) is 0 Å². The van der Waals surface area contributed by atoms with Gasteiger partial charge in [-0.15, -0.1) is 11.3 Å². The summed E-state index contributed by atoms with van der Waals surface area (Å²) in [5, 5.41) is 5.14. The van der Waals surface area contributed by atoms with Crippen LogP contribution in [-0.4, -0.2) is 10.9 Å². The Hall–Kier alpha value is -1.95. The second kappa shape index (κ2) is 6.29. The van der Waals surface area contributed by atoms with Crippen molar-refractivity contribution in [2.45, 2.75) is 19.4 Å². The number of nitrogen functional groups attached to an aromatic ring is 1. The number of nitrogens with zero attached hydrogens (tertiary/aromatic N) is 1. The molecule has 0 spiro atoms. The van der Waals surface area contributed by atoms with E-state index in [0.717, 1.165) is 11.3 Å². The quantitative estimate of drug-likeness (QED) is 0.881. The average molecular weight is 279 g/mol. The van der Waals surface area contributed by atoms with Crippen LogP contribution in [0.2, 0.25) is 0 Å². The number of rotatable bonds is 5. The highest BCUT2D eigenvalue weighted by Gasteiger charge is 2.05. The van der Waals surface area contributed by atoms with Crippen molar-refractivity contribution in [2.75, 3.05) is 5.73 Å². The fourth-order valence-electron chi connectivity index (χ4n) is 1.57. The highest BCUT2D eigenvalue weighted by Crippen LogP contribution is 2.12. The van der Waals surface area contributed by atoms with Crippen LogP contribution in [0.15, 0.2) is 29.6 Å². The summed E-state index contributed by atoms with van der Waals surface area (Å²) in [6.07, 6.45) is 0.938. The number of nitrogens with two attached hydrogens (primary N) is 1. The Balaban J connectivity index is 1.74. The molecule has 19 heavy (non-hydrogen) atoms. The van der Waals surface area contributed by atoms with Crippen LogP contribution in [0, 0.1) is 5.82 Å². The number of hydrogen-bond donors (Lipinski definition) is 2. The monoisotopic (exact) mass is 279 g/mol. The van der Waals surface area contributed by atoms with Gasteiger partial charge in [-0.25, -0.2) is 9.37 Å². The van der Waals surface area contributed by atoms with Gasteiger partial charge in [-0.1, -0.05) is 12.1 Å². The van der Waals surface area contributed by atoms with E-state index in [9.17, 15) is 9.18 Å². The van der Waals surface area contributed by atoms with Gasteiger partial charge in [-0.05, 0) is 24.1 Å². The third kappa shape index (κ3) is 4.33. The van der Waals surface area contributed by atoms with Crippen LogP contribution in [0.3, 0.4) is 0 Å². The summed E-state index contributed by atoms with van der Waals surface area (Å²) in [7, 11) is 0. The maximum atomic E-state index is 12.7. The van der Waals surface area contributed by atoms with E-state index in [1.165, 1.54) is 23.5 Å². The van der Waals surface area contributed by atoms with Crippen LogP contribution < -0.4 is 11.1 Å². The molecule has 1 heterocycles. The lowest BCUT2D eigenvalue weighted by atomic mass is 10.2. The predicted molar refractivity (Wildman–Crippen MR) is 73.1 cm³/mol. The molecular formula is C13H14FN3OS. The normalized spacial score (nSPS) is 10.4. The molecule has 0 aliphatic carbocycles. The molecule has 0 saturated heterocycles. The van der Waals surface area contributed by atoms with Crippen molar-refractivity contribution in [2.24, 2.45) is 0 Å². The molecule has 0 bridgehead atoms. The summed E-state index contributed by atoms with van der Waals surface area (Å²) in [6.45, 7) is 0.401. The van der Waals surface area contributed by atoms with E-state index in [-0.39, 0.29) is 11.7 Å². The van der Waals surface area contributed by atoms with Gasteiger partial charge in [0.2, 0.25) is 5.91 Å². The first-order chi connectivity index (χ1) is 9.13. The molecular weight excluding hydrogens is 265 g/mol. The summed E-state index contributed by atoms with van der Waals surface area (Å²) in [4.78, 5) is 15.7. The number of thiazole rings is 1. The van der Waals surface area contributed by atoms with Crippen LogP contribution in [0.1, 0.15) is 17.7 Å². The third-order valence-corrected chi connectivity index (χ3v) is 3.30. The lowest BCUT2D eigenvalue weighted by Gasteiger charge is -2.04. The lowest BCUT2D eigenvalue weighted by Crippen LogP contribution is -2.23. The molecule has 0 fully saturated rings. The maximum absolute atomic E-state index is 12.7. The Labute approximate surface area is 114 Å². The van der Waals surface area contributed by atoms with Crippen LogP contribution in [0.5, 0.6) is 0 Å². The highest BCUT2D eigenvalue weighted by molar-refractivity contribution is 7.13. The first kappa shape index (κ1) is 13.5. The number of halogens is 1. The van der Waals surface area contributed by atoms with Gasteiger partial charge >= 0.3 is 0 Å². The smallest absolute Gasteiger partial charge is 0.220 e. The minimum absolute atomic E-state index is 0.0594. The topological polar surface area (TPSA) is 68.0 Å². The zero-order valence-electron chi connectivity index (χ0n) is 10.2. The molecule has 2 aromatic rings. The summed E-state index contributed by atoms with van der Waals surface area (Å²) in [6, 6.07) is 6.05. The van der Waals surface area contributed by atoms with Gasteiger partial charge in [0.25, 0.3) is 0 Å². The van der Waals surface area contributed by atoms with Crippen molar-refractivity contribution in [3.05, 3.63) is 46.7 Å². The summed E-state index contributed by atoms with van der Waals surface area (Å²) < 4.78 is 12.7. The Bertz CT molecular complexity index is 553. The molecule has 2 rings (SSSR count). The van der Waals surface area contributed by atoms with Crippen LogP contribution in [-0.2, 0) is 17.8 Å². The van der Waals surface area contributed by atoms with Gasteiger partial charge in [0, 0.05) is 18.3 Å². The molecule has 100 valence electrons. The second-order valence-corrected chi connectivity index (χ2v) is 4.97. The Morgan fingerprint density at radius 2 is 2.11 bits per heavy atom. The molecule has 3 N–H and O–H groups in total. The average Bonchev–Trinajstić information content (AvgIpc) is 2.81. The van der Waals surface area contributed by atoms with Gasteiger partial charge in [0.05, 0.1) is 5.69 Å². The van der Waals surface area contributed by atoms with Gasteiger partial charge in [-0.2, -0.15) is 0 Å². The first-order valence-electron chi connectivity index (χ1n) is 5.84. The number of aromatic nitrogens is 1. The third-order valence-electron chi connectivity index (χ3n) is 2.58. The van der Waals surface area contributed by atoms with Crippen molar-refractivity contribution >= 4 is 22.4 Å². The molecule has 0 saturated carbocycles. The van der Waals surface area contributed by atoms with Gasteiger partial charge in [0.15, 0.2) is 5.13 Å². The minimum atomic E-state index is -0.281. The number of carbonyl (C=O) groups excluding carboxylic acids is 1. The molecule has 0 atom stereocenters. The van der Waals surface area contributed by atoms with Crippen LogP contribution >= 0.6 is 11.3 Å². The van der Waals surface area contributed by atoms with E-state index in [4.69, 9.17) is 5.73 Å². The van der Waals surface area contributed by atoms with E-state index in [2.05, 4.69) is 10.3 Å². The van der Waals surface area contributed by atoms with E-state index in [1.807, 2.05) is 5.38 Å². The van der Waals surface area contributed by atoms with E-state index in [1.54, 1.807) is 12.1 Å².